The Bertz CT molecular complexity index is 1200. The summed E-state index contributed by atoms with van der Waals surface area (Å²) < 4.78 is 12.0. The monoisotopic (exact) mass is 584 g/mol. The molecule has 2 N–H and O–H groups in total. The fourth-order valence-electron chi connectivity index (χ4n) is 5.06. The fraction of sp³-hybridized carbons (Fsp3) is 0.433. The number of hydrogen-bond donors (Lipinski definition) is 2. The molecule has 214 valence electrons. The van der Waals surface area contributed by atoms with Crippen molar-refractivity contribution >= 4 is 40.3 Å². The van der Waals surface area contributed by atoms with Crippen molar-refractivity contribution in [3.63, 3.8) is 0 Å². The number of thiophene rings is 2. The van der Waals surface area contributed by atoms with Crippen LogP contribution in [0.3, 0.4) is 0 Å². The van der Waals surface area contributed by atoms with E-state index < -0.39 is 11.6 Å². The molecule has 1 saturated carbocycles. The minimum Gasteiger partial charge on any atom is -0.484 e. The van der Waals surface area contributed by atoms with Crippen molar-refractivity contribution in [2.24, 2.45) is 0 Å². The molecule has 0 bridgehead atoms. The first kappa shape index (κ1) is 29.9. The predicted molar refractivity (Wildman–Crippen MR) is 156 cm³/mol. The topological polar surface area (TPSA) is 105 Å². The number of rotatable bonds is 14. The first-order chi connectivity index (χ1) is 19.3. The first-order valence-corrected chi connectivity index (χ1v) is 15.2. The average Bonchev–Trinajstić information content (AvgIpc) is 3.67. The summed E-state index contributed by atoms with van der Waals surface area (Å²) in [6.07, 6.45) is 3.55. The van der Waals surface area contributed by atoms with Crippen LogP contribution in [0, 0.1) is 0 Å². The van der Waals surface area contributed by atoms with Gasteiger partial charge in [0.25, 0.3) is 5.91 Å². The minimum absolute atomic E-state index is 0.0714. The number of carbonyl (C=O) groups excluding carboxylic acids is 2. The Morgan fingerprint density at radius 3 is 2.15 bits per heavy atom. The van der Waals surface area contributed by atoms with Crippen molar-refractivity contribution in [3.8, 4) is 5.75 Å². The van der Waals surface area contributed by atoms with E-state index in [-0.39, 0.29) is 24.4 Å². The van der Waals surface area contributed by atoms with Crippen molar-refractivity contribution in [2.45, 2.75) is 56.8 Å². The van der Waals surface area contributed by atoms with E-state index in [4.69, 9.17) is 9.47 Å². The van der Waals surface area contributed by atoms with E-state index in [1.807, 2.05) is 47.2 Å². The van der Waals surface area contributed by atoms with Gasteiger partial charge in [-0.15, -0.1) is 22.7 Å². The second-order valence-electron chi connectivity index (χ2n) is 10.1. The van der Waals surface area contributed by atoms with Gasteiger partial charge >= 0.3 is 5.97 Å². The van der Waals surface area contributed by atoms with Crippen LogP contribution in [0.2, 0.25) is 0 Å². The molecule has 0 spiro atoms. The molecule has 0 atom stereocenters. The van der Waals surface area contributed by atoms with Crippen LogP contribution in [-0.4, -0.2) is 66.6 Å². The number of aliphatic carboxylic acids is 1. The Kier molecular flexibility index (Phi) is 10.5. The quantitative estimate of drug-likeness (QED) is 0.282. The maximum atomic E-state index is 12.6. The Hall–Kier alpha value is -3.05. The van der Waals surface area contributed by atoms with E-state index in [0.29, 0.717) is 41.1 Å². The summed E-state index contributed by atoms with van der Waals surface area (Å²) in [6.45, 7) is 2.69. The van der Waals surface area contributed by atoms with Gasteiger partial charge in [-0.2, -0.15) is 0 Å². The molecule has 1 aliphatic carbocycles. The zero-order valence-electron chi connectivity index (χ0n) is 22.8. The average molecular weight is 585 g/mol. The summed E-state index contributed by atoms with van der Waals surface area (Å²) in [5, 5.41) is 17.0. The molecule has 0 aliphatic heterocycles. The molecule has 1 amide bonds. The molecule has 8 nitrogen and oxygen atoms in total. The molecule has 0 radical (unpaired) electrons. The minimum atomic E-state index is -1.48. The smallest absolute Gasteiger partial charge is 0.347 e. The largest absolute Gasteiger partial charge is 0.484 e. The molecular weight excluding hydrogens is 548 g/mol. The van der Waals surface area contributed by atoms with Crippen LogP contribution in [0.25, 0.3) is 0 Å². The van der Waals surface area contributed by atoms with Gasteiger partial charge in [-0.3, -0.25) is 9.59 Å². The molecule has 2 aromatic heterocycles. The van der Waals surface area contributed by atoms with Crippen LogP contribution in [0.1, 0.15) is 47.9 Å². The number of nitrogens with zero attached hydrogens (tertiary/aromatic N) is 1. The lowest BCUT2D eigenvalue weighted by Crippen LogP contribution is -2.45. The molecule has 0 saturated heterocycles. The van der Waals surface area contributed by atoms with Gasteiger partial charge in [-0.1, -0.05) is 24.3 Å². The lowest BCUT2D eigenvalue weighted by atomic mass is 9.90. The van der Waals surface area contributed by atoms with Crippen LogP contribution in [-0.2, 0) is 31.1 Å². The number of benzene rings is 1. The number of ether oxygens (including phenoxy) is 2. The fourth-order valence-corrected chi connectivity index (χ4v) is 6.86. The van der Waals surface area contributed by atoms with Crippen LogP contribution in [0.4, 0.5) is 0 Å². The summed E-state index contributed by atoms with van der Waals surface area (Å²) in [6, 6.07) is 14.9. The van der Waals surface area contributed by atoms with Crippen molar-refractivity contribution < 1.29 is 29.0 Å². The van der Waals surface area contributed by atoms with Gasteiger partial charge in [-0.25, -0.2) is 4.79 Å². The van der Waals surface area contributed by atoms with E-state index >= 15 is 0 Å². The van der Waals surface area contributed by atoms with Gasteiger partial charge in [0.1, 0.15) is 11.5 Å². The van der Waals surface area contributed by atoms with Crippen LogP contribution < -0.4 is 10.1 Å². The highest BCUT2D eigenvalue weighted by molar-refractivity contribution is 7.12. The number of amides is 1. The van der Waals surface area contributed by atoms with Crippen LogP contribution in [0.15, 0.2) is 59.3 Å². The highest BCUT2D eigenvalue weighted by atomic mass is 32.1. The summed E-state index contributed by atoms with van der Waals surface area (Å²) >= 11 is 2.81. The third-order valence-corrected chi connectivity index (χ3v) is 9.12. The first-order valence-electron chi connectivity index (χ1n) is 13.4. The van der Waals surface area contributed by atoms with E-state index in [9.17, 15) is 19.5 Å². The van der Waals surface area contributed by atoms with Gasteiger partial charge in [0.15, 0.2) is 6.61 Å². The Balaban J connectivity index is 1.20. The molecule has 1 aromatic carbocycles. The van der Waals surface area contributed by atoms with E-state index in [1.54, 1.807) is 19.1 Å². The van der Waals surface area contributed by atoms with E-state index in [0.717, 1.165) is 31.2 Å². The molecule has 0 unspecified atom stereocenters. The number of likely N-dealkylation sites (N-methyl/N-ethyl adjacent to an activating group) is 1. The Labute approximate surface area is 242 Å². The van der Waals surface area contributed by atoms with Crippen molar-refractivity contribution in [1.82, 2.24) is 10.2 Å². The third-order valence-electron chi connectivity index (χ3n) is 7.18. The number of carboxylic acids is 1. The normalized spacial score (nSPS) is 17.5. The van der Waals surface area contributed by atoms with E-state index in [1.165, 1.54) is 22.7 Å². The summed E-state index contributed by atoms with van der Waals surface area (Å²) in [5.74, 6) is -0.488. The van der Waals surface area contributed by atoms with E-state index in [2.05, 4.69) is 17.3 Å². The standard InChI is InChI=1S/C30H36N2O6S2/c1-21(33)19-22-7-11-24(12-8-22)37-20-28(34)31-15-16-32(2)23-9-13-25(14-10-23)38-30(29(35)36,26-5-3-17-39-26)27-6-4-18-40-27/h3-8,11-12,17-18,23,25H,9-10,13-16,19-20H2,1-2H3,(H,31,34)(H,35,36)/t23-,25-. The van der Waals surface area contributed by atoms with Crippen LogP contribution >= 0.6 is 22.7 Å². The summed E-state index contributed by atoms with van der Waals surface area (Å²) in [4.78, 5) is 39.7. The number of Topliss-reactive ketones (excluding diaryl/α,β-unsaturated/α-hetero) is 1. The van der Waals surface area contributed by atoms with Gasteiger partial charge in [0, 0.05) is 25.6 Å². The zero-order chi connectivity index (χ0) is 28.5. The molecule has 10 heteroatoms. The molecule has 3 aromatic rings. The van der Waals surface area contributed by atoms with Gasteiger partial charge < -0.3 is 24.8 Å². The maximum absolute atomic E-state index is 12.6. The summed E-state index contributed by atoms with van der Waals surface area (Å²) in [7, 11) is 2.05. The summed E-state index contributed by atoms with van der Waals surface area (Å²) in [5.41, 5.74) is -0.562. The second-order valence-corrected chi connectivity index (χ2v) is 12.0. The predicted octanol–water partition coefficient (Wildman–Crippen LogP) is 4.72. The van der Waals surface area contributed by atoms with Gasteiger partial charge in [0.05, 0.1) is 15.9 Å². The molecule has 1 fully saturated rings. The van der Waals surface area contributed by atoms with Gasteiger partial charge in [0.2, 0.25) is 5.60 Å². The number of hydrogen-bond acceptors (Lipinski definition) is 8. The highest BCUT2D eigenvalue weighted by Gasteiger charge is 2.48. The molecule has 2 heterocycles. The lowest BCUT2D eigenvalue weighted by Gasteiger charge is -2.38. The number of nitrogens with one attached hydrogen (secondary N) is 1. The zero-order valence-corrected chi connectivity index (χ0v) is 24.5. The third kappa shape index (κ3) is 7.57. The molecule has 1 aliphatic rings. The number of ketones is 1. The van der Waals surface area contributed by atoms with Crippen molar-refractivity contribution in [1.29, 1.82) is 0 Å². The number of carbonyl (C=O) groups is 3. The SMILES string of the molecule is CC(=O)Cc1ccc(OCC(=O)NCCN(C)[C@H]2CC[C@H](OC(C(=O)O)(c3cccs3)c3cccs3)CC2)cc1. The molecular formula is C30H36N2O6S2. The van der Waals surface area contributed by atoms with Crippen LogP contribution in [0.5, 0.6) is 5.75 Å². The molecule has 4 rings (SSSR count). The highest BCUT2D eigenvalue weighted by Crippen LogP contribution is 2.42. The van der Waals surface area contributed by atoms with Crippen molar-refractivity contribution in [2.75, 3.05) is 26.7 Å². The second kappa shape index (κ2) is 14.0. The lowest BCUT2D eigenvalue weighted by molar-refractivity contribution is -0.170. The Morgan fingerprint density at radius 1 is 1.00 bits per heavy atom. The van der Waals surface area contributed by atoms with Gasteiger partial charge in [-0.05, 0) is 80.2 Å². The Morgan fingerprint density at radius 2 is 1.62 bits per heavy atom. The van der Waals surface area contributed by atoms with Crippen molar-refractivity contribution in [3.05, 3.63) is 74.6 Å². The maximum Gasteiger partial charge on any atom is 0.347 e. The number of carboxylic acid groups (broad SMARTS) is 1. The molecule has 40 heavy (non-hydrogen) atoms.